The van der Waals surface area contributed by atoms with Crippen LogP contribution in [0.15, 0.2) is 45.8 Å². The second-order valence-corrected chi connectivity index (χ2v) is 4.37. The van der Waals surface area contributed by atoms with Crippen molar-refractivity contribution in [3.63, 3.8) is 0 Å². The van der Waals surface area contributed by atoms with Gasteiger partial charge in [-0.05, 0) is 31.4 Å². The number of carbonyl (C=O) groups excluding carboxylic acids is 1. The number of rotatable bonds is 6. The molecular formula is C16H16O3. The third-order valence-electron chi connectivity index (χ3n) is 2.95. The van der Waals surface area contributed by atoms with E-state index in [-0.39, 0.29) is 5.43 Å². The summed E-state index contributed by atoms with van der Waals surface area (Å²) in [4.78, 5) is 22.3. The maximum atomic E-state index is 12.1. The van der Waals surface area contributed by atoms with Crippen LogP contribution in [-0.4, -0.2) is 6.29 Å². The molecule has 0 atom stereocenters. The molecule has 0 aliphatic heterocycles. The first-order valence-corrected chi connectivity index (χ1v) is 6.43. The number of hydrogen-bond donors (Lipinski definition) is 0. The van der Waals surface area contributed by atoms with Crippen molar-refractivity contribution in [2.75, 3.05) is 0 Å². The molecule has 0 N–H and O–H groups in total. The van der Waals surface area contributed by atoms with Gasteiger partial charge in [0.2, 0.25) is 0 Å². The van der Waals surface area contributed by atoms with Crippen molar-refractivity contribution in [3.05, 3.63) is 52.4 Å². The zero-order chi connectivity index (χ0) is 13.5. The van der Waals surface area contributed by atoms with E-state index >= 15 is 0 Å². The van der Waals surface area contributed by atoms with E-state index in [1.807, 2.05) is 18.2 Å². The van der Waals surface area contributed by atoms with Gasteiger partial charge in [0.1, 0.15) is 18.1 Å². The average molecular weight is 256 g/mol. The van der Waals surface area contributed by atoms with Gasteiger partial charge >= 0.3 is 0 Å². The van der Waals surface area contributed by atoms with Crippen LogP contribution < -0.4 is 5.43 Å². The van der Waals surface area contributed by atoms with Gasteiger partial charge in [-0.25, -0.2) is 0 Å². The van der Waals surface area contributed by atoms with Crippen LogP contribution in [0.1, 0.15) is 31.2 Å². The van der Waals surface area contributed by atoms with Crippen molar-refractivity contribution in [1.29, 1.82) is 0 Å². The maximum absolute atomic E-state index is 12.1. The minimum absolute atomic E-state index is 0.00834. The normalized spacial score (nSPS) is 11.2. The van der Waals surface area contributed by atoms with Crippen LogP contribution in [0.25, 0.3) is 17.0 Å². The summed E-state index contributed by atoms with van der Waals surface area (Å²) in [5, 5.41) is 0.602. The Hall–Kier alpha value is -2.16. The van der Waals surface area contributed by atoms with Crippen molar-refractivity contribution >= 4 is 23.3 Å². The summed E-state index contributed by atoms with van der Waals surface area (Å²) in [5.74, 6) is 0. The van der Waals surface area contributed by atoms with Crippen molar-refractivity contribution in [3.8, 4) is 0 Å². The van der Waals surface area contributed by atoms with Gasteiger partial charge in [-0.15, -0.1) is 0 Å². The molecule has 1 aromatic carbocycles. The molecular weight excluding hydrogens is 240 g/mol. The minimum atomic E-state index is -0.00834. The van der Waals surface area contributed by atoms with Crippen LogP contribution in [-0.2, 0) is 4.79 Å². The summed E-state index contributed by atoms with van der Waals surface area (Å²) >= 11 is 0. The summed E-state index contributed by atoms with van der Waals surface area (Å²) in [6.45, 7) is 0. The first kappa shape index (κ1) is 13.3. The van der Waals surface area contributed by atoms with Crippen LogP contribution in [0.2, 0.25) is 0 Å². The largest absolute Gasteiger partial charge is 0.463 e. The number of benzene rings is 1. The Morgan fingerprint density at radius 2 is 1.89 bits per heavy atom. The summed E-state index contributed by atoms with van der Waals surface area (Å²) in [5.41, 5.74) is 1.16. The average Bonchev–Trinajstić information content (AvgIpc) is 2.45. The van der Waals surface area contributed by atoms with Crippen LogP contribution in [0.3, 0.4) is 0 Å². The number of fused-ring (bicyclic) bond motifs is 1. The Morgan fingerprint density at radius 3 is 2.74 bits per heavy atom. The van der Waals surface area contributed by atoms with Crippen LogP contribution in [0.4, 0.5) is 0 Å². The summed E-state index contributed by atoms with van der Waals surface area (Å²) in [7, 11) is 0. The SMILES string of the molecule is O=CCCCC/C=C/c1coc2ccccc2c1=O. The molecule has 0 saturated carbocycles. The quantitative estimate of drug-likeness (QED) is 0.586. The Labute approximate surface area is 111 Å². The first-order chi connectivity index (χ1) is 9.33. The molecule has 0 saturated heterocycles. The molecule has 0 aliphatic carbocycles. The van der Waals surface area contributed by atoms with E-state index in [0.717, 1.165) is 25.5 Å². The molecule has 2 aromatic rings. The number of aldehydes is 1. The fraction of sp³-hybridized carbons (Fsp3) is 0.250. The maximum Gasteiger partial charge on any atom is 0.199 e. The zero-order valence-corrected chi connectivity index (χ0v) is 10.7. The van der Waals surface area contributed by atoms with Crippen molar-refractivity contribution in [2.45, 2.75) is 25.7 Å². The molecule has 19 heavy (non-hydrogen) atoms. The standard InChI is InChI=1S/C16H16O3/c17-11-7-3-1-2-4-8-13-12-19-15-10-6-5-9-14(15)16(13)18/h4-6,8-12H,1-3,7H2/b8-4+. The predicted molar refractivity (Wildman–Crippen MR) is 76.1 cm³/mol. The van der Waals surface area contributed by atoms with Crippen LogP contribution in [0, 0.1) is 0 Å². The van der Waals surface area contributed by atoms with Crippen molar-refractivity contribution < 1.29 is 9.21 Å². The molecule has 3 heteroatoms. The number of allylic oxidation sites excluding steroid dienone is 1. The molecule has 0 fully saturated rings. The van der Waals surface area contributed by atoms with Gasteiger partial charge in [0.25, 0.3) is 0 Å². The fourth-order valence-electron chi connectivity index (χ4n) is 1.91. The molecule has 2 rings (SSSR count). The van der Waals surface area contributed by atoms with Crippen molar-refractivity contribution in [2.24, 2.45) is 0 Å². The second kappa shape index (κ2) is 6.69. The zero-order valence-electron chi connectivity index (χ0n) is 10.7. The van der Waals surface area contributed by atoms with Gasteiger partial charge in [0.05, 0.1) is 10.9 Å². The number of para-hydroxylation sites is 1. The van der Waals surface area contributed by atoms with E-state index in [1.165, 1.54) is 6.26 Å². The lowest BCUT2D eigenvalue weighted by Crippen LogP contribution is -2.04. The van der Waals surface area contributed by atoms with Crippen molar-refractivity contribution in [1.82, 2.24) is 0 Å². The molecule has 0 radical (unpaired) electrons. The highest BCUT2D eigenvalue weighted by Crippen LogP contribution is 2.11. The number of hydrogen-bond acceptors (Lipinski definition) is 3. The smallest absolute Gasteiger partial charge is 0.199 e. The summed E-state index contributed by atoms with van der Waals surface area (Å²) in [6, 6.07) is 7.21. The van der Waals surface area contributed by atoms with E-state index in [9.17, 15) is 9.59 Å². The first-order valence-electron chi connectivity index (χ1n) is 6.43. The summed E-state index contributed by atoms with van der Waals surface area (Å²) < 4.78 is 5.42. The molecule has 0 unspecified atom stereocenters. The molecule has 0 bridgehead atoms. The van der Waals surface area contributed by atoms with E-state index in [2.05, 4.69) is 0 Å². The minimum Gasteiger partial charge on any atom is -0.463 e. The van der Waals surface area contributed by atoms with Crippen LogP contribution in [0.5, 0.6) is 0 Å². The summed E-state index contributed by atoms with van der Waals surface area (Å²) in [6.07, 6.45) is 9.47. The lowest BCUT2D eigenvalue weighted by molar-refractivity contribution is -0.107. The highest BCUT2D eigenvalue weighted by atomic mass is 16.3. The molecule has 0 aliphatic rings. The molecule has 1 heterocycles. The Morgan fingerprint density at radius 1 is 1.11 bits per heavy atom. The molecule has 0 spiro atoms. The van der Waals surface area contributed by atoms with E-state index < -0.39 is 0 Å². The highest BCUT2D eigenvalue weighted by Gasteiger charge is 2.02. The third kappa shape index (κ3) is 3.41. The van der Waals surface area contributed by atoms with Gasteiger partial charge in [-0.1, -0.05) is 24.3 Å². The monoisotopic (exact) mass is 256 g/mol. The second-order valence-electron chi connectivity index (χ2n) is 4.37. The van der Waals surface area contributed by atoms with Gasteiger partial charge in [0.15, 0.2) is 5.43 Å². The molecule has 1 aromatic heterocycles. The van der Waals surface area contributed by atoms with Gasteiger partial charge in [0, 0.05) is 6.42 Å². The number of unbranched alkanes of at least 4 members (excludes halogenated alkanes) is 3. The molecule has 0 amide bonds. The fourth-order valence-corrected chi connectivity index (χ4v) is 1.91. The molecule has 3 nitrogen and oxygen atoms in total. The van der Waals surface area contributed by atoms with E-state index in [4.69, 9.17) is 4.42 Å². The molecule has 98 valence electrons. The number of carbonyl (C=O) groups is 1. The van der Waals surface area contributed by atoms with Crippen LogP contribution >= 0.6 is 0 Å². The van der Waals surface area contributed by atoms with Gasteiger partial charge in [-0.3, -0.25) is 4.79 Å². The lowest BCUT2D eigenvalue weighted by atomic mass is 10.1. The van der Waals surface area contributed by atoms with Gasteiger partial charge in [-0.2, -0.15) is 0 Å². The van der Waals surface area contributed by atoms with E-state index in [0.29, 0.717) is 23.0 Å². The Kier molecular flexibility index (Phi) is 4.67. The third-order valence-corrected chi connectivity index (χ3v) is 2.95. The van der Waals surface area contributed by atoms with E-state index in [1.54, 1.807) is 18.2 Å². The lowest BCUT2D eigenvalue weighted by Gasteiger charge is -1.97. The topological polar surface area (TPSA) is 47.3 Å². The predicted octanol–water partition coefficient (Wildman–Crippen LogP) is 3.57. The Balaban J connectivity index is 2.09. The highest BCUT2D eigenvalue weighted by molar-refractivity contribution is 5.78. The van der Waals surface area contributed by atoms with Gasteiger partial charge < -0.3 is 9.21 Å². The Bertz CT molecular complexity index is 638.